The molecule has 1 fully saturated rings. The molecule has 3 aromatic heterocycles. The van der Waals surface area contributed by atoms with Crippen molar-refractivity contribution in [1.29, 1.82) is 0 Å². The van der Waals surface area contributed by atoms with Gasteiger partial charge in [0.05, 0.1) is 11.7 Å². The molecule has 3 N–H and O–H groups in total. The van der Waals surface area contributed by atoms with Gasteiger partial charge in [-0.3, -0.25) is 4.79 Å². The lowest BCUT2D eigenvalue weighted by Crippen LogP contribution is -2.34. The van der Waals surface area contributed by atoms with E-state index in [2.05, 4.69) is 20.2 Å². The molecule has 1 aliphatic rings. The van der Waals surface area contributed by atoms with Crippen molar-refractivity contribution in [1.82, 2.24) is 24.9 Å². The highest BCUT2D eigenvalue weighted by molar-refractivity contribution is 5.85. The van der Waals surface area contributed by atoms with Crippen LogP contribution < -0.4 is 11.3 Å². The van der Waals surface area contributed by atoms with Crippen molar-refractivity contribution in [3.05, 3.63) is 39.9 Å². The summed E-state index contributed by atoms with van der Waals surface area (Å²) in [7, 11) is 0. The smallest absolute Gasteiger partial charge is 0.256 e. The molecule has 3 heterocycles. The van der Waals surface area contributed by atoms with Gasteiger partial charge in [-0.25, -0.2) is 4.68 Å². The van der Waals surface area contributed by atoms with Gasteiger partial charge >= 0.3 is 0 Å². The monoisotopic (exact) mass is 390 g/mol. The Morgan fingerprint density at radius 2 is 2.07 bits per heavy atom. The summed E-state index contributed by atoms with van der Waals surface area (Å²) in [6.07, 6.45) is 8.94. The van der Waals surface area contributed by atoms with E-state index in [9.17, 15) is 4.79 Å². The summed E-state index contributed by atoms with van der Waals surface area (Å²) in [6, 6.07) is 1.97. The van der Waals surface area contributed by atoms with Crippen LogP contribution in [0.3, 0.4) is 0 Å². The first-order chi connectivity index (χ1) is 12.5. The molecule has 0 aromatic carbocycles. The van der Waals surface area contributed by atoms with Crippen LogP contribution in [0.15, 0.2) is 21.6 Å². The van der Waals surface area contributed by atoms with E-state index in [4.69, 9.17) is 10.3 Å². The van der Waals surface area contributed by atoms with Crippen LogP contribution in [-0.2, 0) is 5.54 Å². The molecule has 0 unspecified atom stereocenters. The molecule has 0 radical (unpaired) electrons. The van der Waals surface area contributed by atoms with Crippen LogP contribution in [0, 0.1) is 0 Å². The lowest BCUT2D eigenvalue weighted by atomic mass is 9.99. The molecule has 144 valence electrons. The normalized spacial score (nSPS) is 16.4. The second-order valence-corrected chi connectivity index (χ2v) is 7.19. The van der Waals surface area contributed by atoms with Gasteiger partial charge in [0.25, 0.3) is 11.4 Å². The van der Waals surface area contributed by atoms with Crippen molar-refractivity contribution in [2.24, 2.45) is 5.73 Å². The molecule has 1 aliphatic carbocycles. The SMILES string of the molecule is CC(C)n1ncc2cc(/C=C/c3nc(C4(N)CCCC4)no3)c(=O)[nH]c21.Cl. The van der Waals surface area contributed by atoms with Gasteiger partial charge in [0.2, 0.25) is 0 Å². The van der Waals surface area contributed by atoms with E-state index in [1.165, 1.54) is 0 Å². The maximum Gasteiger partial charge on any atom is 0.256 e. The summed E-state index contributed by atoms with van der Waals surface area (Å²) in [5, 5.41) is 9.21. The Balaban J connectivity index is 0.00000210. The Labute approximate surface area is 162 Å². The van der Waals surface area contributed by atoms with Crippen molar-refractivity contribution in [3.8, 4) is 0 Å². The lowest BCUT2D eigenvalue weighted by Gasteiger charge is -2.17. The fourth-order valence-electron chi connectivity index (χ4n) is 3.43. The van der Waals surface area contributed by atoms with Gasteiger partial charge in [0, 0.05) is 23.1 Å². The number of hydrogen-bond donors (Lipinski definition) is 2. The molecule has 0 atom stereocenters. The number of aromatic nitrogens is 5. The highest BCUT2D eigenvalue weighted by atomic mass is 35.5. The number of fused-ring (bicyclic) bond motifs is 1. The maximum atomic E-state index is 12.4. The van der Waals surface area contributed by atoms with E-state index in [1.807, 2.05) is 13.8 Å². The molecule has 0 aliphatic heterocycles. The Bertz CT molecular complexity index is 1030. The predicted molar refractivity (Wildman–Crippen MR) is 106 cm³/mol. The fraction of sp³-hybridized carbons (Fsp3) is 0.444. The van der Waals surface area contributed by atoms with Crippen LogP contribution in [0.4, 0.5) is 0 Å². The van der Waals surface area contributed by atoms with Gasteiger partial charge in [0.1, 0.15) is 5.65 Å². The molecule has 1 saturated carbocycles. The second kappa shape index (κ2) is 7.28. The van der Waals surface area contributed by atoms with Crippen LogP contribution in [0.2, 0.25) is 0 Å². The quantitative estimate of drug-likeness (QED) is 0.707. The number of nitrogens with one attached hydrogen (secondary N) is 1. The first-order valence-electron chi connectivity index (χ1n) is 8.88. The Hall–Kier alpha value is -2.45. The zero-order valence-corrected chi connectivity index (χ0v) is 16.1. The molecule has 0 bridgehead atoms. The van der Waals surface area contributed by atoms with Crippen LogP contribution in [0.5, 0.6) is 0 Å². The molecule has 27 heavy (non-hydrogen) atoms. The van der Waals surface area contributed by atoms with Crippen LogP contribution in [-0.4, -0.2) is 24.9 Å². The summed E-state index contributed by atoms with van der Waals surface area (Å²) in [5.74, 6) is 0.881. The summed E-state index contributed by atoms with van der Waals surface area (Å²) < 4.78 is 7.06. The minimum absolute atomic E-state index is 0. The molecule has 9 heteroatoms. The van der Waals surface area contributed by atoms with Gasteiger partial charge in [0.15, 0.2) is 5.82 Å². The van der Waals surface area contributed by atoms with Crippen molar-refractivity contribution >= 4 is 35.6 Å². The van der Waals surface area contributed by atoms with Crippen LogP contribution >= 0.6 is 12.4 Å². The molecular weight excluding hydrogens is 368 g/mol. The molecular formula is C18H23ClN6O2. The number of rotatable bonds is 4. The maximum absolute atomic E-state index is 12.4. The van der Waals surface area contributed by atoms with Crippen molar-refractivity contribution in [3.63, 3.8) is 0 Å². The van der Waals surface area contributed by atoms with E-state index in [-0.39, 0.29) is 24.0 Å². The number of pyridine rings is 1. The second-order valence-electron chi connectivity index (χ2n) is 7.19. The zero-order chi connectivity index (χ0) is 18.3. The third-order valence-corrected chi connectivity index (χ3v) is 4.91. The standard InChI is InChI=1S/C18H22N6O2.ClH/c1-11(2)24-15-13(10-20-24)9-12(16(25)22-15)5-6-14-21-17(23-26-14)18(19)7-3-4-8-18;/h5-6,9-11H,3-4,7-8,19H2,1-2H3,(H,22,25);1H/b6-5+;. The van der Waals surface area contributed by atoms with Gasteiger partial charge in [-0.05, 0) is 38.8 Å². The molecule has 0 spiro atoms. The first kappa shape index (κ1) is 19.3. The van der Waals surface area contributed by atoms with E-state index in [0.29, 0.717) is 22.9 Å². The number of nitrogens with two attached hydrogens (primary N) is 1. The number of aromatic amines is 1. The highest BCUT2D eigenvalue weighted by Gasteiger charge is 2.35. The average Bonchev–Trinajstić information content (AvgIpc) is 3.32. The fourth-order valence-corrected chi connectivity index (χ4v) is 3.43. The van der Waals surface area contributed by atoms with E-state index in [0.717, 1.165) is 31.1 Å². The predicted octanol–water partition coefficient (Wildman–Crippen LogP) is 3.01. The minimum atomic E-state index is -0.489. The third-order valence-electron chi connectivity index (χ3n) is 4.91. The summed E-state index contributed by atoms with van der Waals surface area (Å²) in [5.41, 5.74) is 6.88. The molecule has 4 rings (SSSR count). The number of H-pyrrole nitrogens is 1. The van der Waals surface area contributed by atoms with Crippen LogP contribution in [0.25, 0.3) is 23.2 Å². The Morgan fingerprint density at radius 3 is 2.78 bits per heavy atom. The number of nitrogens with zero attached hydrogens (tertiary/aromatic N) is 4. The Morgan fingerprint density at radius 1 is 1.33 bits per heavy atom. The van der Waals surface area contributed by atoms with Gasteiger partial charge in [-0.1, -0.05) is 18.0 Å². The lowest BCUT2D eigenvalue weighted by molar-refractivity contribution is 0.364. The topological polar surface area (TPSA) is 116 Å². The first-order valence-corrected chi connectivity index (χ1v) is 8.88. The number of hydrogen-bond acceptors (Lipinski definition) is 6. The van der Waals surface area contributed by atoms with Gasteiger partial charge in [-0.15, -0.1) is 12.4 Å². The highest BCUT2D eigenvalue weighted by Crippen LogP contribution is 2.34. The number of halogens is 1. The summed E-state index contributed by atoms with van der Waals surface area (Å²) >= 11 is 0. The van der Waals surface area contributed by atoms with Crippen molar-refractivity contribution in [2.45, 2.75) is 51.1 Å². The van der Waals surface area contributed by atoms with Gasteiger partial charge < -0.3 is 15.2 Å². The molecule has 8 nitrogen and oxygen atoms in total. The molecule has 0 saturated heterocycles. The summed E-state index contributed by atoms with van der Waals surface area (Å²) in [4.78, 5) is 19.6. The van der Waals surface area contributed by atoms with Crippen molar-refractivity contribution in [2.75, 3.05) is 0 Å². The van der Waals surface area contributed by atoms with Gasteiger partial charge in [-0.2, -0.15) is 10.1 Å². The zero-order valence-electron chi connectivity index (χ0n) is 15.3. The van der Waals surface area contributed by atoms with E-state index >= 15 is 0 Å². The summed E-state index contributed by atoms with van der Waals surface area (Å²) in [6.45, 7) is 4.03. The minimum Gasteiger partial charge on any atom is -0.335 e. The Kier molecular flexibility index (Phi) is 5.21. The van der Waals surface area contributed by atoms with E-state index in [1.54, 1.807) is 29.1 Å². The molecule has 0 amide bonds. The molecule has 3 aromatic rings. The van der Waals surface area contributed by atoms with Crippen LogP contribution in [0.1, 0.15) is 62.9 Å². The third kappa shape index (κ3) is 3.54. The largest absolute Gasteiger partial charge is 0.335 e. The van der Waals surface area contributed by atoms with Crippen molar-refractivity contribution < 1.29 is 4.52 Å². The van der Waals surface area contributed by atoms with E-state index < -0.39 is 5.54 Å². The average molecular weight is 391 g/mol.